The number of nitrogens with zero attached hydrogens (tertiary/aromatic N) is 1. The molecule has 0 saturated heterocycles. The van der Waals surface area contributed by atoms with Crippen molar-refractivity contribution >= 4 is 10.9 Å². The number of pyridine rings is 1. The van der Waals surface area contributed by atoms with Crippen LogP contribution in [-0.2, 0) is 6.54 Å². The van der Waals surface area contributed by atoms with E-state index < -0.39 is 0 Å². The molecule has 0 bridgehead atoms. The van der Waals surface area contributed by atoms with Crippen LogP contribution < -0.4 is 5.73 Å². The standard InChI is InChI=1S/C16H14N2O/c17-10-11-3-5-12(6-4-11)13-7-8-15(19)16-14(13)2-1-9-18-16/h1-9,19H,10,17H2. The fraction of sp³-hybridized carbons (Fsp3) is 0.0625. The number of aromatic nitrogens is 1. The van der Waals surface area contributed by atoms with Gasteiger partial charge in [-0.1, -0.05) is 30.3 Å². The number of fused-ring (bicyclic) bond motifs is 1. The van der Waals surface area contributed by atoms with Crippen molar-refractivity contribution in [3.8, 4) is 16.9 Å². The Morgan fingerprint density at radius 2 is 1.79 bits per heavy atom. The number of benzene rings is 2. The van der Waals surface area contributed by atoms with E-state index in [2.05, 4.69) is 4.98 Å². The zero-order chi connectivity index (χ0) is 13.2. The zero-order valence-corrected chi connectivity index (χ0v) is 10.4. The molecule has 94 valence electrons. The SMILES string of the molecule is NCc1ccc(-c2ccc(O)c3ncccc23)cc1. The molecule has 2 aromatic carbocycles. The maximum atomic E-state index is 9.85. The van der Waals surface area contributed by atoms with Gasteiger partial charge in [-0.15, -0.1) is 0 Å². The van der Waals surface area contributed by atoms with Crippen LogP contribution in [0, 0.1) is 0 Å². The van der Waals surface area contributed by atoms with E-state index >= 15 is 0 Å². The Balaban J connectivity index is 2.21. The second-order valence-corrected chi connectivity index (χ2v) is 4.43. The fourth-order valence-corrected chi connectivity index (χ4v) is 2.23. The van der Waals surface area contributed by atoms with Crippen molar-refractivity contribution in [1.82, 2.24) is 4.98 Å². The van der Waals surface area contributed by atoms with Gasteiger partial charge < -0.3 is 10.8 Å². The van der Waals surface area contributed by atoms with Crippen LogP contribution in [0.5, 0.6) is 5.75 Å². The second-order valence-electron chi connectivity index (χ2n) is 4.43. The van der Waals surface area contributed by atoms with Gasteiger partial charge >= 0.3 is 0 Å². The summed E-state index contributed by atoms with van der Waals surface area (Å²) in [5, 5.41) is 10.8. The molecule has 3 N–H and O–H groups in total. The maximum absolute atomic E-state index is 9.85. The highest BCUT2D eigenvalue weighted by molar-refractivity contribution is 5.97. The van der Waals surface area contributed by atoms with Crippen molar-refractivity contribution in [3.63, 3.8) is 0 Å². The third-order valence-corrected chi connectivity index (χ3v) is 3.25. The second kappa shape index (κ2) is 4.71. The average Bonchev–Trinajstić information content (AvgIpc) is 2.48. The summed E-state index contributed by atoms with van der Waals surface area (Å²) in [4.78, 5) is 4.23. The van der Waals surface area contributed by atoms with Crippen LogP contribution in [0.3, 0.4) is 0 Å². The number of phenols is 1. The summed E-state index contributed by atoms with van der Waals surface area (Å²) in [5.74, 6) is 0.206. The van der Waals surface area contributed by atoms with E-state index in [-0.39, 0.29) is 5.75 Å². The fourth-order valence-electron chi connectivity index (χ4n) is 2.23. The van der Waals surface area contributed by atoms with Crippen LogP contribution in [0.15, 0.2) is 54.7 Å². The Labute approximate surface area is 111 Å². The molecule has 3 aromatic rings. The van der Waals surface area contributed by atoms with Gasteiger partial charge in [-0.3, -0.25) is 4.98 Å². The summed E-state index contributed by atoms with van der Waals surface area (Å²) in [6.07, 6.45) is 1.68. The largest absolute Gasteiger partial charge is 0.506 e. The van der Waals surface area contributed by atoms with Gasteiger partial charge in [0.25, 0.3) is 0 Å². The molecule has 3 rings (SSSR count). The van der Waals surface area contributed by atoms with Crippen molar-refractivity contribution < 1.29 is 5.11 Å². The van der Waals surface area contributed by atoms with E-state index in [0.717, 1.165) is 22.1 Å². The van der Waals surface area contributed by atoms with Crippen LogP contribution in [0.2, 0.25) is 0 Å². The molecule has 0 radical (unpaired) electrons. The van der Waals surface area contributed by atoms with E-state index in [1.807, 2.05) is 42.5 Å². The van der Waals surface area contributed by atoms with E-state index in [0.29, 0.717) is 12.1 Å². The summed E-state index contributed by atoms with van der Waals surface area (Å²) < 4.78 is 0. The van der Waals surface area contributed by atoms with E-state index in [4.69, 9.17) is 5.73 Å². The lowest BCUT2D eigenvalue weighted by molar-refractivity contribution is 0.480. The minimum Gasteiger partial charge on any atom is -0.506 e. The molecule has 0 saturated carbocycles. The molecule has 19 heavy (non-hydrogen) atoms. The van der Waals surface area contributed by atoms with Crippen LogP contribution >= 0.6 is 0 Å². The number of phenolic OH excluding ortho intramolecular Hbond substituents is 1. The van der Waals surface area contributed by atoms with Crippen molar-refractivity contribution in [2.75, 3.05) is 0 Å². The Morgan fingerprint density at radius 1 is 1.00 bits per heavy atom. The highest BCUT2D eigenvalue weighted by Crippen LogP contribution is 2.32. The first kappa shape index (κ1) is 11.7. The summed E-state index contributed by atoms with van der Waals surface area (Å²) in [7, 11) is 0. The minimum atomic E-state index is 0.206. The number of aromatic hydroxyl groups is 1. The molecular weight excluding hydrogens is 236 g/mol. The molecule has 1 heterocycles. The lowest BCUT2D eigenvalue weighted by Crippen LogP contribution is -1.95. The van der Waals surface area contributed by atoms with Crippen LogP contribution in [-0.4, -0.2) is 10.1 Å². The van der Waals surface area contributed by atoms with Gasteiger partial charge in [-0.25, -0.2) is 0 Å². The molecule has 0 atom stereocenters. The molecule has 0 spiro atoms. The smallest absolute Gasteiger partial charge is 0.141 e. The molecule has 0 unspecified atom stereocenters. The average molecular weight is 250 g/mol. The number of nitrogens with two attached hydrogens (primary N) is 1. The van der Waals surface area contributed by atoms with E-state index in [1.54, 1.807) is 12.3 Å². The highest BCUT2D eigenvalue weighted by Gasteiger charge is 2.07. The monoisotopic (exact) mass is 250 g/mol. The first-order valence-corrected chi connectivity index (χ1v) is 6.15. The van der Waals surface area contributed by atoms with Gasteiger partial charge in [-0.05, 0) is 34.9 Å². The third kappa shape index (κ3) is 2.04. The van der Waals surface area contributed by atoms with Crippen LogP contribution in [0.25, 0.3) is 22.0 Å². The molecule has 0 aliphatic rings. The molecule has 0 aliphatic heterocycles. The first-order chi connectivity index (χ1) is 9.29. The molecule has 3 heteroatoms. The number of hydrogen-bond donors (Lipinski definition) is 2. The summed E-state index contributed by atoms with van der Waals surface area (Å²) in [6.45, 7) is 0.540. The lowest BCUT2D eigenvalue weighted by atomic mass is 9.99. The molecule has 1 aromatic heterocycles. The zero-order valence-electron chi connectivity index (χ0n) is 10.4. The van der Waals surface area contributed by atoms with Crippen LogP contribution in [0.1, 0.15) is 5.56 Å². The van der Waals surface area contributed by atoms with Gasteiger partial charge in [0.2, 0.25) is 0 Å². The molecule has 0 fully saturated rings. The Bertz CT molecular complexity index is 720. The highest BCUT2D eigenvalue weighted by atomic mass is 16.3. The van der Waals surface area contributed by atoms with Crippen molar-refractivity contribution in [2.45, 2.75) is 6.54 Å². The first-order valence-electron chi connectivity index (χ1n) is 6.15. The van der Waals surface area contributed by atoms with Gasteiger partial charge in [0, 0.05) is 18.1 Å². The van der Waals surface area contributed by atoms with Crippen molar-refractivity contribution in [3.05, 3.63) is 60.3 Å². The van der Waals surface area contributed by atoms with E-state index in [9.17, 15) is 5.11 Å². The molecular formula is C16H14N2O. The van der Waals surface area contributed by atoms with Gasteiger partial charge in [0.1, 0.15) is 11.3 Å². The van der Waals surface area contributed by atoms with Gasteiger partial charge in [-0.2, -0.15) is 0 Å². The number of hydrogen-bond acceptors (Lipinski definition) is 3. The van der Waals surface area contributed by atoms with Crippen LogP contribution in [0.4, 0.5) is 0 Å². The maximum Gasteiger partial charge on any atom is 0.141 e. The predicted octanol–water partition coefficient (Wildman–Crippen LogP) is 3.07. The Morgan fingerprint density at radius 3 is 2.53 bits per heavy atom. The Kier molecular flexibility index (Phi) is 2.89. The Hall–Kier alpha value is -2.39. The summed E-state index contributed by atoms with van der Waals surface area (Å²) in [5.41, 5.74) is 9.49. The number of rotatable bonds is 2. The summed E-state index contributed by atoms with van der Waals surface area (Å²) in [6, 6.07) is 15.6. The third-order valence-electron chi connectivity index (χ3n) is 3.25. The van der Waals surface area contributed by atoms with Crippen molar-refractivity contribution in [2.24, 2.45) is 5.73 Å². The molecule has 3 nitrogen and oxygen atoms in total. The quantitative estimate of drug-likeness (QED) is 0.734. The van der Waals surface area contributed by atoms with Gasteiger partial charge in [0.15, 0.2) is 0 Å². The molecule has 0 aliphatic carbocycles. The minimum absolute atomic E-state index is 0.206. The van der Waals surface area contributed by atoms with Gasteiger partial charge in [0.05, 0.1) is 0 Å². The predicted molar refractivity (Wildman–Crippen MR) is 76.7 cm³/mol. The van der Waals surface area contributed by atoms with Crippen molar-refractivity contribution in [1.29, 1.82) is 0 Å². The van der Waals surface area contributed by atoms with E-state index in [1.165, 1.54) is 0 Å². The summed E-state index contributed by atoms with van der Waals surface area (Å²) >= 11 is 0. The normalized spacial score (nSPS) is 10.8. The topological polar surface area (TPSA) is 59.1 Å². The lowest BCUT2D eigenvalue weighted by Gasteiger charge is -2.08. The molecule has 0 amide bonds.